The van der Waals surface area contributed by atoms with Gasteiger partial charge in [0.1, 0.15) is 7.14 Å². The highest BCUT2D eigenvalue weighted by atomic mass is 31.2. The van der Waals surface area contributed by atoms with Crippen molar-refractivity contribution in [2.45, 2.75) is 51.6 Å². The quantitative estimate of drug-likeness (QED) is 0.630. The van der Waals surface area contributed by atoms with Crippen LogP contribution in [0.15, 0.2) is 24.3 Å². The number of aryl methyl sites for hydroxylation is 1. The summed E-state index contributed by atoms with van der Waals surface area (Å²) in [7, 11) is -2.37. The summed E-state index contributed by atoms with van der Waals surface area (Å²) in [5.41, 5.74) is 0.635. The molecule has 0 radical (unpaired) electrons. The van der Waals surface area contributed by atoms with E-state index in [0.717, 1.165) is 18.0 Å². The molecule has 1 saturated heterocycles. The summed E-state index contributed by atoms with van der Waals surface area (Å²) < 4.78 is 24.2. The highest BCUT2D eigenvalue weighted by Gasteiger charge is 2.50. The highest BCUT2D eigenvalue weighted by Crippen LogP contribution is 2.38. The van der Waals surface area contributed by atoms with Crippen molar-refractivity contribution in [3.05, 3.63) is 29.8 Å². The van der Waals surface area contributed by atoms with Crippen LogP contribution in [0.5, 0.6) is 0 Å². The first-order valence-electron chi connectivity index (χ1n) is 7.51. The van der Waals surface area contributed by atoms with Gasteiger partial charge in [0, 0.05) is 5.30 Å². The van der Waals surface area contributed by atoms with Gasteiger partial charge in [0.25, 0.3) is 0 Å². The van der Waals surface area contributed by atoms with Gasteiger partial charge in [0.15, 0.2) is 0 Å². The van der Waals surface area contributed by atoms with Crippen LogP contribution >= 0.6 is 7.14 Å². The number of benzene rings is 1. The van der Waals surface area contributed by atoms with E-state index < -0.39 is 7.14 Å². The zero-order valence-corrected chi connectivity index (χ0v) is 14.9. The first-order chi connectivity index (χ1) is 9.51. The van der Waals surface area contributed by atoms with Crippen LogP contribution in [0.2, 0.25) is 6.32 Å². The summed E-state index contributed by atoms with van der Waals surface area (Å²) in [4.78, 5) is 0. The Balaban J connectivity index is 2.01. The Hall–Kier alpha value is -0.565. The van der Waals surface area contributed by atoms with Crippen LogP contribution in [-0.4, -0.2) is 31.7 Å². The minimum Gasteiger partial charge on any atom is -0.403 e. The van der Waals surface area contributed by atoms with E-state index in [1.165, 1.54) is 5.56 Å². The Bertz CT molecular complexity index is 546. The first-order valence-corrected chi connectivity index (χ1v) is 10.1. The van der Waals surface area contributed by atoms with Gasteiger partial charge in [-0.15, -0.1) is 0 Å². The van der Waals surface area contributed by atoms with Crippen molar-refractivity contribution in [2.75, 3.05) is 13.3 Å². The van der Waals surface area contributed by atoms with Crippen molar-refractivity contribution in [2.24, 2.45) is 0 Å². The Kier molecular flexibility index (Phi) is 4.46. The van der Waals surface area contributed by atoms with Crippen molar-refractivity contribution in [3.8, 4) is 0 Å². The Morgan fingerprint density at radius 2 is 1.67 bits per heavy atom. The maximum Gasteiger partial charge on any atom is 0.458 e. The molecule has 1 aliphatic rings. The molecular weight excluding hydrogens is 282 g/mol. The van der Waals surface area contributed by atoms with Crippen LogP contribution in [0.3, 0.4) is 0 Å². The summed E-state index contributed by atoms with van der Waals surface area (Å²) in [5.74, 6) is 0. The van der Waals surface area contributed by atoms with E-state index in [2.05, 4.69) is 33.8 Å². The van der Waals surface area contributed by atoms with Crippen LogP contribution < -0.4 is 5.30 Å². The molecule has 3 nitrogen and oxygen atoms in total. The fraction of sp³-hybridized carbons (Fsp3) is 0.625. The van der Waals surface area contributed by atoms with Crippen LogP contribution in [-0.2, 0) is 20.3 Å². The molecule has 5 heteroatoms. The fourth-order valence-electron chi connectivity index (χ4n) is 2.41. The summed E-state index contributed by atoms with van der Waals surface area (Å²) in [5, 5.41) is 0.939. The predicted molar refractivity (Wildman–Crippen MR) is 90.1 cm³/mol. The standard InChI is InChI=1S/C16H26BO3P/c1-15(2)16(3,4)20-17(19-15)11-10-13-8-7-9-14(12-13)21(5,6)18/h7-9,12H,10-11H2,1-6H3. The van der Waals surface area contributed by atoms with Crippen molar-refractivity contribution in [3.63, 3.8) is 0 Å². The highest BCUT2D eigenvalue weighted by molar-refractivity contribution is 7.70. The largest absolute Gasteiger partial charge is 0.458 e. The predicted octanol–water partition coefficient (Wildman–Crippen LogP) is 3.57. The van der Waals surface area contributed by atoms with Gasteiger partial charge in [0.2, 0.25) is 0 Å². The molecule has 1 aromatic carbocycles. The van der Waals surface area contributed by atoms with Crippen molar-refractivity contribution < 1.29 is 13.9 Å². The van der Waals surface area contributed by atoms with Gasteiger partial charge in [-0.1, -0.05) is 18.2 Å². The Morgan fingerprint density at radius 1 is 1.10 bits per heavy atom. The molecule has 116 valence electrons. The molecule has 0 atom stereocenters. The van der Waals surface area contributed by atoms with E-state index in [1.54, 1.807) is 13.3 Å². The van der Waals surface area contributed by atoms with E-state index >= 15 is 0 Å². The molecule has 0 spiro atoms. The Labute approximate surface area is 128 Å². The third-order valence-electron chi connectivity index (χ3n) is 4.50. The molecule has 1 heterocycles. The van der Waals surface area contributed by atoms with E-state index in [0.29, 0.717) is 0 Å². The third-order valence-corrected chi connectivity index (χ3v) is 6.02. The van der Waals surface area contributed by atoms with E-state index in [-0.39, 0.29) is 18.3 Å². The second kappa shape index (κ2) is 5.57. The van der Waals surface area contributed by atoms with Gasteiger partial charge < -0.3 is 13.9 Å². The van der Waals surface area contributed by atoms with Gasteiger partial charge in [-0.3, -0.25) is 0 Å². The molecule has 2 rings (SSSR count). The van der Waals surface area contributed by atoms with Crippen LogP contribution in [0.1, 0.15) is 33.3 Å². The third kappa shape index (κ3) is 3.80. The molecule has 21 heavy (non-hydrogen) atoms. The van der Waals surface area contributed by atoms with Gasteiger partial charge in [0.05, 0.1) is 11.2 Å². The monoisotopic (exact) mass is 308 g/mol. The Morgan fingerprint density at radius 3 is 2.19 bits per heavy atom. The molecule has 0 aliphatic carbocycles. The maximum absolute atomic E-state index is 12.1. The lowest BCUT2D eigenvalue weighted by atomic mass is 9.81. The minimum atomic E-state index is -2.20. The number of rotatable bonds is 4. The molecule has 0 bridgehead atoms. The maximum atomic E-state index is 12.1. The smallest absolute Gasteiger partial charge is 0.403 e. The molecule has 1 aliphatic heterocycles. The minimum absolute atomic E-state index is 0.172. The van der Waals surface area contributed by atoms with Gasteiger partial charge >= 0.3 is 7.12 Å². The van der Waals surface area contributed by atoms with E-state index in [1.807, 2.05) is 18.2 Å². The second-order valence-electron chi connectivity index (χ2n) is 7.25. The SMILES string of the molecule is CC1(C)OB(CCc2cccc(P(C)(C)=O)c2)OC1(C)C. The van der Waals surface area contributed by atoms with Gasteiger partial charge in [-0.05, 0) is 65.4 Å². The molecule has 0 N–H and O–H groups in total. The van der Waals surface area contributed by atoms with Crippen LogP contribution in [0, 0.1) is 0 Å². The zero-order valence-electron chi connectivity index (χ0n) is 14.0. The lowest BCUT2D eigenvalue weighted by molar-refractivity contribution is 0.00578. The van der Waals surface area contributed by atoms with Gasteiger partial charge in [-0.2, -0.15) is 0 Å². The first kappa shape index (κ1) is 16.8. The van der Waals surface area contributed by atoms with E-state index in [9.17, 15) is 4.57 Å². The van der Waals surface area contributed by atoms with Crippen molar-refractivity contribution in [1.29, 1.82) is 0 Å². The van der Waals surface area contributed by atoms with Crippen molar-refractivity contribution in [1.82, 2.24) is 0 Å². The molecule has 1 fully saturated rings. The summed E-state index contributed by atoms with van der Waals surface area (Å²) in [6, 6.07) is 8.05. The normalized spacial score (nSPS) is 20.8. The molecule has 0 unspecified atom stereocenters. The zero-order chi connectivity index (χ0) is 15.9. The molecule has 0 aromatic heterocycles. The van der Waals surface area contributed by atoms with Crippen molar-refractivity contribution >= 4 is 19.6 Å². The molecular formula is C16H26BO3P. The summed E-state index contributed by atoms with van der Waals surface area (Å²) >= 11 is 0. The number of hydrogen-bond donors (Lipinski definition) is 0. The lowest BCUT2D eigenvalue weighted by Crippen LogP contribution is -2.41. The van der Waals surface area contributed by atoms with Crippen LogP contribution in [0.25, 0.3) is 0 Å². The second-order valence-corrected chi connectivity index (χ2v) is 10.5. The van der Waals surface area contributed by atoms with Crippen LogP contribution in [0.4, 0.5) is 0 Å². The fourth-order valence-corrected chi connectivity index (χ4v) is 3.34. The molecule has 0 amide bonds. The van der Waals surface area contributed by atoms with Gasteiger partial charge in [-0.25, -0.2) is 0 Å². The molecule has 0 saturated carbocycles. The lowest BCUT2D eigenvalue weighted by Gasteiger charge is -2.32. The molecule has 1 aromatic rings. The average molecular weight is 308 g/mol. The number of hydrogen-bond acceptors (Lipinski definition) is 3. The van der Waals surface area contributed by atoms with E-state index in [4.69, 9.17) is 9.31 Å². The summed E-state index contributed by atoms with van der Waals surface area (Å²) in [6.07, 6.45) is 1.68. The topological polar surface area (TPSA) is 35.5 Å². The summed E-state index contributed by atoms with van der Waals surface area (Å²) in [6.45, 7) is 11.9. The average Bonchev–Trinajstić information content (AvgIpc) is 2.55.